The third-order valence-electron chi connectivity index (χ3n) is 3.77. The first-order valence-electron chi connectivity index (χ1n) is 7.29. The number of halogens is 2. The van der Waals surface area contributed by atoms with Crippen LogP contribution in [0.1, 0.15) is 51.7 Å². The van der Waals surface area contributed by atoms with Gasteiger partial charge in [-0.25, -0.2) is 9.37 Å². The second-order valence-electron chi connectivity index (χ2n) is 5.42. The summed E-state index contributed by atoms with van der Waals surface area (Å²) in [4.78, 5) is 18.2. The van der Waals surface area contributed by atoms with E-state index in [0.717, 1.165) is 23.5 Å². The fourth-order valence-electron chi connectivity index (χ4n) is 2.60. The van der Waals surface area contributed by atoms with E-state index in [-0.39, 0.29) is 16.6 Å². The van der Waals surface area contributed by atoms with E-state index in [4.69, 9.17) is 11.6 Å². The van der Waals surface area contributed by atoms with Gasteiger partial charge in [-0.15, -0.1) is 11.3 Å². The van der Waals surface area contributed by atoms with Crippen LogP contribution in [-0.4, -0.2) is 10.9 Å². The topological polar surface area (TPSA) is 42.0 Å². The molecule has 0 fully saturated rings. The van der Waals surface area contributed by atoms with Gasteiger partial charge in [0.15, 0.2) is 0 Å². The van der Waals surface area contributed by atoms with Crippen molar-refractivity contribution in [2.75, 3.05) is 0 Å². The molecule has 1 N–H and O–H groups in total. The van der Waals surface area contributed by atoms with Crippen LogP contribution < -0.4 is 5.32 Å². The predicted molar refractivity (Wildman–Crippen MR) is 86.0 cm³/mol. The third-order valence-corrected chi connectivity index (χ3v) is 5.43. The van der Waals surface area contributed by atoms with Gasteiger partial charge in [-0.1, -0.05) is 17.7 Å². The van der Waals surface area contributed by atoms with Crippen molar-refractivity contribution in [3.8, 4) is 0 Å². The van der Waals surface area contributed by atoms with E-state index in [1.54, 1.807) is 11.3 Å². The first-order chi connectivity index (χ1) is 10.6. The lowest BCUT2D eigenvalue weighted by Gasteiger charge is -2.12. The number of aromatic nitrogens is 1. The van der Waals surface area contributed by atoms with Gasteiger partial charge in [0, 0.05) is 4.88 Å². The van der Waals surface area contributed by atoms with E-state index in [1.165, 1.54) is 35.9 Å². The van der Waals surface area contributed by atoms with Crippen LogP contribution in [-0.2, 0) is 12.8 Å². The van der Waals surface area contributed by atoms with Crippen molar-refractivity contribution < 1.29 is 9.18 Å². The molecule has 0 radical (unpaired) electrons. The van der Waals surface area contributed by atoms with Crippen molar-refractivity contribution in [3.63, 3.8) is 0 Å². The highest BCUT2D eigenvalue weighted by Crippen LogP contribution is 2.30. The summed E-state index contributed by atoms with van der Waals surface area (Å²) in [5, 5.41) is 3.77. The Balaban J connectivity index is 1.77. The van der Waals surface area contributed by atoms with Crippen molar-refractivity contribution in [2.24, 2.45) is 0 Å². The zero-order valence-corrected chi connectivity index (χ0v) is 13.7. The van der Waals surface area contributed by atoms with Gasteiger partial charge in [-0.3, -0.25) is 4.79 Å². The van der Waals surface area contributed by atoms with Crippen LogP contribution in [0.15, 0.2) is 18.2 Å². The van der Waals surface area contributed by atoms with Gasteiger partial charge in [-0.2, -0.15) is 0 Å². The third kappa shape index (κ3) is 3.01. The van der Waals surface area contributed by atoms with Crippen molar-refractivity contribution in [3.05, 3.63) is 50.2 Å². The minimum atomic E-state index is -0.615. The summed E-state index contributed by atoms with van der Waals surface area (Å²) in [7, 11) is 0. The van der Waals surface area contributed by atoms with Crippen LogP contribution in [0.3, 0.4) is 0 Å². The molecule has 1 atom stereocenters. The lowest BCUT2D eigenvalue weighted by atomic mass is 10.0. The molecular weight excluding hydrogens is 323 g/mol. The second-order valence-corrected chi connectivity index (χ2v) is 6.94. The van der Waals surface area contributed by atoms with E-state index in [1.807, 2.05) is 6.92 Å². The summed E-state index contributed by atoms with van der Waals surface area (Å²) in [5.74, 6) is -1.13. The summed E-state index contributed by atoms with van der Waals surface area (Å²) in [6.07, 6.45) is 4.43. The zero-order valence-electron chi connectivity index (χ0n) is 12.2. The van der Waals surface area contributed by atoms with Gasteiger partial charge < -0.3 is 5.32 Å². The van der Waals surface area contributed by atoms with Crippen LogP contribution in [0.5, 0.6) is 0 Å². The highest BCUT2D eigenvalue weighted by Gasteiger charge is 2.22. The Morgan fingerprint density at radius 1 is 1.41 bits per heavy atom. The van der Waals surface area contributed by atoms with Crippen LogP contribution in [0.2, 0.25) is 5.02 Å². The maximum Gasteiger partial charge on any atom is 0.256 e. The monoisotopic (exact) mass is 338 g/mol. The molecule has 1 heterocycles. The molecule has 1 aromatic heterocycles. The summed E-state index contributed by atoms with van der Waals surface area (Å²) in [6.45, 7) is 1.86. The molecule has 1 aliphatic carbocycles. The molecule has 2 aromatic rings. The molecule has 0 saturated carbocycles. The Morgan fingerprint density at radius 3 is 2.91 bits per heavy atom. The van der Waals surface area contributed by atoms with Crippen molar-refractivity contribution in [1.82, 2.24) is 10.3 Å². The predicted octanol–water partition coefficient (Wildman–Crippen LogP) is 4.31. The van der Waals surface area contributed by atoms with Crippen molar-refractivity contribution >= 4 is 28.8 Å². The van der Waals surface area contributed by atoms with Crippen molar-refractivity contribution in [2.45, 2.75) is 38.6 Å². The van der Waals surface area contributed by atoms with E-state index in [9.17, 15) is 9.18 Å². The van der Waals surface area contributed by atoms with Gasteiger partial charge in [0.2, 0.25) is 0 Å². The van der Waals surface area contributed by atoms with E-state index < -0.39 is 11.7 Å². The van der Waals surface area contributed by atoms with Gasteiger partial charge in [0.25, 0.3) is 5.91 Å². The summed E-state index contributed by atoms with van der Waals surface area (Å²) in [5.41, 5.74) is 1.04. The first kappa shape index (κ1) is 15.4. The molecule has 22 heavy (non-hydrogen) atoms. The smallest absolute Gasteiger partial charge is 0.256 e. The molecule has 6 heteroatoms. The molecule has 0 bridgehead atoms. The minimum absolute atomic E-state index is 0.114. The Labute approximate surface area is 137 Å². The first-order valence-corrected chi connectivity index (χ1v) is 8.49. The molecule has 1 aliphatic rings. The van der Waals surface area contributed by atoms with Gasteiger partial charge in [-0.05, 0) is 44.7 Å². The normalized spacial score (nSPS) is 15.2. The average molecular weight is 339 g/mol. The number of nitrogens with one attached hydrogen (secondary N) is 1. The molecule has 0 unspecified atom stereocenters. The summed E-state index contributed by atoms with van der Waals surface area (Å²) >= 11 is 7.56. The second kappa shape index (κ2) is 6.34. The largest absolute Gasteiger partial charge is 0.343 e. The SMILES string of the molecule is C[C@@H](NC(=O)c1c(F)cccc1Cl)c1nc2c(s1)CCCC2. The quantitative estimate of drug-likeness (QED) is 0.906. The number of carbonyl (C=O) groups excluding carboxylic acids is 1. The van der Waals surface area contributed by atoms with Gasteiger partial charge in [0.1, 0.15) is 10.8 Å². The fourth-order valence-corrected chi connectivity index (χ4v) is 4.01. The number of rotatable bonds is 3. The fraction of sp³-hybridized carbons (Fsp3) is 0.375. The maximum absolute atomic E-state index is 13.8. The van der Waals surface area contributed by atoms with Crippen molar-refractivity contribution in [1.29, 1.82) is 0 Å². The average Bonchev–Trinajstić information content (AvgIpc) is 2.91. The van der Waals surface area contributed by atoms with Gasteiger partial charge >= 0.3 is 0 Å². The number of thiazole rings is 1. The molecule has 3 rings (SSSR count). The summed E-state index contributed by atoms with van der Waals surface area (Å²) in [6, 6.07) is 3.95. The molecule has 1 aromatic carbocycles. The van der Waals surface area contributed by atoms with E-state index in [2.05, 4.69) is 10.3 Å². The van der Waals surface area contributed by atoms with Crippen LogP contribution in [0.25, 0.3) is 0 Å². The standard InChI is InChI=1S/C16H16ClFN2OS/c1-9(16-20-12-7-2-3-8-13(12)22-16)19-15(21)14-10(17)5-4-6-11(14)18/h4-6,9H,2-3,7-8H2,1H3,(H,19,21)/t9-/m1/s1. The minimum Gasteiger partial charge on any atom is -0.343 e. The number of hydrogen-bond donors (Lipinski definition) is 1. The Hall–Kier alpha value is -1.46. The lowest BCUT2D eigenvalue weighted by molar-refractivity contribution is 0.0936. The Kier molecular flexibility index (Phi) is 4.45. The number of aryl methyl sites for hydroxylation is 2. The highest BCUT2D eigenvalue weighted by molar-refractivity contribution is 7.11. The molecule has 0 spiro atoms. The molecule has 3 nitrogen and oxygen atoms in total. The molecular formula is C16H16ClFN2OS. The molecule has 0 aliphatic heterocycles. The Bertz CT molecular complexity index is 672. The number of benzene rings is 1. The number of fused-ring (bicyclic) bond motifs is 1. The molecule has 0 saturated heterocycles. The summed E-state index contributed by atoms with van der Waals surface area (Å²) < 4.78 is 13.8. The maximum atomic E-state index is 13.8. The van der Waals surface area contributed by atoms with E-state index >= 15 is 0 Å². The molecule has 1 amide bonds. The van der Waals surface area contributed by atoms with Crippen LogP contribution in [0, 0.1) is 5.82 Å². The lowest BCUT2D eigenvalue weighted by Crippen LogP contribution is -2.27. The Morgan fingerprint density at radius 2 is 2.18 bits per heavy atom. The highest BCUT2D eigenvalue weighted by atomic mass is 35.5. The van der Waals surface area contributed by atoms with Crippen LogP contribution in [0.4, 0.5) is 4.39 Å². The number of carbonyl (C=O) groups is 1. The number of hydrogen-bond acceptors (Lipinski definition) is 3. The molecule has 116 valence electrons. The number of amides is 1. The zero-order chi connectivity index (χ0) is 15.7. The van der Waals surface area contributed by atoms with E-state index in [0.29, 0.717) is 0 Å². The van der Waals surface area contributed by atoms with Crippen LogP contribution >= 0.6 is 22.9 Å². The number of nitrogens with zero attached hydrogens (tertiary/aromatic N) is 1. The van der Waals surface area contributed by atoms with Gasteiger partial charge in [0.05, 0.1) is 22.3 Å².